The van der Waals surface area contributed by atoms with Gasteiger partial charge in [-0.25, -0.2) is 4.98 Å². The van der Waals surface area contributed by atoms with E-state index >= 15 is 0 Å². The molecule has 2 atom stereocenters. The van der Waals surface area contributed by atoms with E-state index in [1.165, 1.54) is 37.9 Å². The summed E-state index contributed by atoms with van der Waals surface area (Å²) in [6.07, 6.45) is 9.25. The number of aromatic nitrogens is 2. The molecule has 4 nitrogen and oxygen atoms in total. The lowest BCUT2D eigenvalue weighted by molar-refractivity contribution is 0.278. The van der Waals surface area contributed by atoms with Crippen LogP contribution in [0.3, 0.4) is 0 Å². The van der Waals surface area contributed by atoms with Crippen molar-refractivity contribution in [2.24, 2.45) is 0 Å². The summed E-state index contributed by atoms with van der Waals surface area (Å²) in [5, 5.41) is 3.56. The zero-order valence-electron chi connectivity index (χ0n) is 10.6. The van der Waals surface area contributed by atoms with Crippen LogP contribution in [0.1, 0.15) is 37.4 Å². The normalized spacial score (nSPS) is 30.2. The molecule has 0 aromatic carbocycles. The Bertz CT molecular complexity index is 367. The SMILES string of the molecule is CN1CCCC1Cn1cncc1C1CCCN1. The number of likely N-dealkylation sites (N-methyl/N-ethyl adjacent to an activating group) is 1. The Kier molecular flexibility index (Phi) is 3.16. The standard InChI is InChI=1S/C13H22N4/c1-16-7-3-4-11(16)9-17-10-14-8-13(17)12-5-2-6-15-12/h8,10-12,15H,2-7,9H2,1H3. The van der Waals surface area contributed by atoms with E-state index in [0.717, 1.165) is 13.1 Å². The topological polar surface area (TPSA) is 33.1 Å². The molecule has 2 fully saturated rings. The number of hydrogen-bond acceptors (Lipinski definition) is 3. The van der Waals surface area contributed by atoms with E-state index in [9.17, 15) is 0 Å². The van der Waals surface area contributed by atoms with Crippen LogP contribution in [0.2, 0.25) is 0 Å². The summed E-state index contributed by atoms with van der Waals surface area (Å²) < 4.78 is 2.36. The zero-order valence-corrected chi connectivity index (χ0v) is 10.6. The van der Waals surface area contributed by atoms with Gasteiger partial charge < -0.3 is 14.8 Å². The van der Waals surface area contributed by atoms with Crippen LogP contribution in [0.15, 0.2) is 12.5 Å². The molecular weight excluding hydrogens is 212 g/mol. The minimum atomic E-state index is 0.532. The number of rotatable bonds is 3. The summed E-state index contributed by atoms with van der Waals surface area (Å²) in [4.78, 5) is 6.82. The van der Waals surface area contributed by atoms with Crippen molar-refractivity contribution in [1.82, 2.24) is 19.8 Å². The smallest absolute Gasteiger partial charge is 0.0949 e. The van der Waals surface area contributed by atoms with Crippen LogP contribution in [0.5, 0.6) is 0 Å². The highest BCUT2D eigenvalue weighted by atomic mass is 15.2. The lowest BCUT2D eigenvalue weighted by Gasteiger charge is -2.22. The Morgan fingerprint density at radius 3 is 3.06 bits per heavy atom. The third-order valence-corrected chi connectivity index (χ3v) is 4.24. The average molecular weight is 234 g/mol. The maximum absolute atomic E-state index is 4.34. The molecule has 0 radical (unpaired) electrons. The Morgan fingerprint density at radius 2 is 2.35 bits per heavy atom. The van der Waals surface area contributed by atoms with Crippen molar-refractivity contribution in [2.45, 2.75) is 44.3 Å². The molecule has 2 saturated heterocycles. The Balaban J connectivity index is 1.72. The third-order valence-electron chi connectivity index (χ3n) is 4.24. The third kappa shape index (κ3) is 2.24. The van der Waals surface area contributed by atoms with Crippen LogP contribution in [-0.2, 0) is 6.54 Å². The number of likely N-dealkylation sites (tertiary alicyclic amines) is 1. The highest BCUT2D eigenvalue weighted by Gasteiger charge is 2.24. The van der Waals surface area contributed by atoms with Gasteiger partial charge in [0.05, 0.1) is 12.0 Å². The average Bonchev–Trinajstić information content (AvgIpc) is 3.02. The fourth-order valence-corrected chi connectivity index (χ4v) is 3.15. The fraction of sp³-hybridized carbons (Fsp3) is 0.769. The summed E-state index contributed by atoms with van der Waals surface area (Å²) in [6.45, 7) is 3.50. The second-order valence-corrected chi connectivity index (χ2v) is 5.40. The second-order valence-electron chi connectivity index (χ2n) is 5.40. The Morgan fingerprint density at radius 1 is 1.41 bits per heavy atom. The van der Waals surface area contributed by atoms with E-state index in [1.54, 1.807) is 0 Å². The molecule has 1 aromatic rings. The van der Waals surface area contributed by atoms with Crippen LogP contribution >= 0.6 is 0 Å². The van der Waals surface area contributed by atoms with E-state index in [4.69, 9.17) is 0 Å². The number of nitrogens with one attached hydrogen (secondary N) is 1. The summed E-state index contributed by atoms with van der Waals surface area (Å²) in [5.74, 6) is 0. The van der Waals surface area contributed by atoms with Crippen LogP contribution in [-0.4, -0.2) is 40.6 Å². The molecule has 0 amide bonds. The quantitative estimate of drug-likeness (QED) is 0.858. The minimum absolute atomic E-state index is 0.532. The van der Waals surface area contributed by atoms with Gasteiger partial charge in [0, 0.05) is 24.8 Å². The number of imidazole rings is 1. The van der Waals surface area contributed by atoms with Crippen molar-refractivity contribution in [1.29, 1.82) is 0 Å². The zero-order chi connectivity index (χ0) is 11.7. The molecule has 94 valence electrons. The van der Waals surface area contributed by atoms with Crippen LogP contribution in [0.4, 0.5) is 0 Å². The van der Waals surface area contributed by atoms with Crippen molar-refractivity contribution in [3.8, 4) is 0 Å². The molecule has 0 spiro atoms. The van der Waals surface area contributed by atoms with Gasteiger partial charge in [0.1, 0.15) is 0 Å². The van der Waals surface area contributed by atoms with Gasteiger partial charge in [0.15, 0.2) is 0 Å². The first-order valence-corrected chi connectivity index (χ1v) is 6.78. The van der Waals surface area contributed by atoms with Crippen LogP contribution in [0.25, 0.3) is 0 Å². The molecule has 0 aliphatic carbocycles. The van der Waals surface area contributed by atoms with E-state index in [2.05, 4.69) is 26.8 Å². The van der Waals surface area contributed by atoms with Gasteiger partial charge in [0.25, 0.3) is 0 Å². The molecule has 1 aromatic heterocycles. The molecule has 17 heavy (non-hydrogen) atoms. The van der Waals surface area contributed by atoms with Crippen LogP contribution < -0.4 is 5.32 Å². The molecule has 1 N–H and O–H groups in total. The molecule has 3 rings (SSSR count). The molecule has 0 bridgehead atoms. The second kappa shape index (κ2) is 4.78. The predicted molar refractivity (Wildman–Crippen MR) is 67.9 cm³/mol. The van der Waals surface area contributed by atoms with Gasteiger partial charge >= 0.3 is 0 Å². The van der Waals surface area contributed by atoms with Gasteiger partial charge in [-0.05, 0) is 45.8 Å². The minimum Gasteiger partial charge on any atom is -0.332 e. The molecule has 2 aliphatic rings. The Labute approximate surface area is 103 Å². The highest BCUT2D eigenvalue weighted by Crippen LogP contribution is 2.24. The van der Waals surface area contributed by atoms with E-state index < -0.39 is 0 Å². The summed E-state index contributed by atoms with van der Waals surface area (Å²) in [5.41, 5.74) is 1.38. The van der Waals surface area contributed by atoms with Crippen molar-refractivity contribution < 1.29 is 0 Å². The first-order chi connectivity index (χ1) is 8.34. The van der Waals surface area contributed by atoms with Crippen molar-refractivity contribution in [3.63, 3.8) is 0 Å². The molecule has 4 heteroatoms. The largest absolute Gasteiger partial charge is 0.332 e. The first-order valence-electron chi connectivity index (χ1n) is 6.78. The van der Waals surface area contributed by atoms with Crippen molar-refractivity contribution >= 4 is 0 Å². The van der Waals surface area contributed by atoms with Gasteiger partial charge in [-0.3, -0.25) is 0 Å². The van der Waals surface area contributed by atoms with Crippen LogP contribution in [0, 0.1) is 0 Å². The molecule has 0 saturated carbocycles. The molecular formula is C13H22N4. The maximum atomic E-state index is 4.34. The molecule has 3 heterocycles. The lowest BCUT2D eigenvalue weighted by atomic mass is 10.1. The monoisotopic (exact) mass is 234 g/mol. The van der Waals surface area contributed by atoms with Crippen molar-refractivity contribution in [2.75, 3.05) is 20.1 Å². The summed E-state index contributed by atoms with van der Waals surface area (Å²) in [6, 6.07) is 1.23. The maximum Gasteiger partial charge on any atom is 0.0949 e. The van der Waals surface area contributed by atoms with Gasteiger partial charge in [-0.15, -0.1) is 0 Å². The van der Waals surface area contributed by atoms with Gasteiger partial charge in [-0.1, -0.05) is 0 Å². The number of hydrogen-bond donors (Lipinski definition) is 1. The number of nitrogens with zero attached hydrogens (tertiary/aromatic N) is 3. The van der Waals surface area contributed by atoms with Crippen molar-refractivity contribution in [3.05, 3.63) is 18.2 Å². The Hall–Kier alpha value is -0.870. The summed E-state index contributed by atoms with van der Waals surface area (Å²) in [7, 11) is 2.24. The lowest BCUT2D eigenvalue weighted by Crippen LogP contribution is -2.30. The van der Waals surface area contributed by atoms with E-state index in [0.29, 0.717) is 12.1 Å². The molecule has 2 aliphatic heterocycles. The van der Waals surface area contributed by atoms with E-state index in [1.807, 2.05) is 12.5 Å². The van der Waals surface area contributed by atoms with Gasteiger partial charge in [0.2, 0.25) is 0 Å². The van der Waals surface area contributed by atoms with E-state index in [-0.39, 0.29) is 0 Å². The highest BCUT2D eigenvalue weighted by molar-refractivity contribution is 5.07. The first kappa shape index (κ1) is 11.2. The summed E-state index contributed by atoms with van der Waals surface area (Å²) >= 11 is 0. The van der Waals surface area contributed by atoms with Gasteiger partial charge in [-0.2, -0.15) is 0 Å². The molecule has 2 unspecified atom stereocenters. The predicted octanol–water partition coefficient (Wildman–Crippen LogP) is 1.40. The fourth-order valence-electron chi connectivity index (χ4n) is 3.15.